The fourth-order valence-electron chi connectivity index (χ4n) is 2.01. The number of hydrogen-bond acceptors (Lipinski definition) is 2. The number of anilines is 1. The van der Waals surface area contributed by atoms with Gasteiger partial charge in [-0.1, -0.05) is 64.6 Å². The van der Waals surface area contributed by atoms with Gasteiger partial charge in [0.1, 0.15) is 15.5 Å². The van der Waals surface area contributed by atoms with Gasteiger partial charge in [0, 0.05) is 17.4 Å². The molecule has 0 aliphatic heterocycles. The first-order valence-corrected chi connectivity index (χ1v) is 8.16. The number of aromatic nitrogens is 1. The van der Waals surface area contributed by atoms with Crippen LogP contribution >= 0.6 is 46.4 Å². The number of carbonyl (C=O) groups is 1. The van der Waals surface area contributed by atoms with E-state index in [0.29, 0.717) is 16.0 Å². The van der Waals surface area contributed by atoms with Crippen LogP contribution in [0.25, 0.3) is 0 Å². The van der Waals surface area contributed by atoms with Crippen LogP contribution in [-0.4, -0.2) is 10.9 Å². The lowest BCUT2D eigenvalue weighted by molar-refractivity contribution is -0.116. The van der Waals surface area contributed by atoms with Gasteiger partial charge >= 0.3 is 0 Å². The summed E-state index contributed by atoms with van der Waals surface area (Å²) in [6, 6.07) is 12.1. The molecular weight excluding hydrogens is 378 g/mol. The Bertz CT molecular complexity index is 712. The van der Waals surface area contributed by atoms with Crippen molar-refractivity contribution in [3.8, 4) is 0 Å². The van der Waals surface area contributed by atoms with E-state index in [1.165, 1.54) is 0 Å². The molecular formula is C16H12Cl4N2O. The Morgan fingerprint density at radius 1 is 1.13 bits per heavy atom. The van der Waals surface area contributed by atoms with Gasteiger partial charge in [0.05, 0.1) is 0 Å². The van der Waals surface area contributed by atoms with Crippen molar-refractivity contribution in [3.63, 3.8) is 0 Å². The SMILES string of the molecule is O=C(CC(C=C(Cl)Cl)c1ccc(Cl)cc1)Nc1cccc(Cl)n1. The lowest BCUT2D eigenvalue weighted by Gasteiger charge is -2.13. The maximum Gasteiger partial charge on any atom is 0.226 e. The highest BCUT2D eigenvalue weighted by Crippen LogP contribution is 2.27. The fourth-order valence-corrected chi connectivity index (χ4v) is 2.60. The van der Waals surface area contributed by atoms with Crippen molar-refractivity contribution in [1.82, 2.24) is 4.98 Å². The van der Waals surface area contributed by atoms with E-state index in [2.05, 4.69) is 10.3 Å². The van der Waals surface area contributed by atoms with E-state index in [1.54, 1.807) is 36.4 Å². The molecule has 2 aromatic rings. The molecule has 1 aromatic carbocycles. The van der Waals surface area contributed by atoms with Crippen molar-refractivity contribution < 1.29 is 4.79 Å². The van der Waals surface area contributed by atoms with Crippen molar-refractivity contribution in [1.29, 1.82) is 0 Å². The van der Waals surface area contributed by atoms with E-state index in [4.69, 9.17) is 46.4 Å². The van der Waals surface area contributed by atoms with Crippen LogP contribution in [0.15, 0.2) is 53.0 Å². The fraction of sp³-hybridized carbons (Fsp3) is 0.125. The number of amides is 1. The molecule has 0 fully saturated rings. The summed E-state index contributed by atoms with van der Waals surface area (Å²) in [5.41, 5.74) is 0.877. The Morgan fingerprint density at radius 3 is 2.43 bits per heavy atom. The summed E-state index contributed by atoms with van der Waals surface area (Å²) in [7, 11) is 0. The lowest BCUT2D eigenvalue weighted by atomic mass is 9.95. The predicted molar refractivity (Wildman–Crippen MR) is 96.5 cm³/mol. The number of benzene rings is 1. The third-order valence-electron chi connectivity index (χ3n) is 3.01. The molecule has 2 rings (SSSR count). The summed E-state index contributed by atoms with van der Waals surface area (Å²) in [6.45, 7) is 0. The van der Waals surface area contributed by atoms with Crippen molar-refractivity contribution in [2.24, 2.45) is 0 Å². The van der Waals surface area contributed by atoms with Gasteiger partial charge in [-0.05, 0) is 35.9 Å². The van der Waals surface area contributed by atoms with Gasteiger partial charge in [0.2, 0.25) is 5.91 Å². The van der Waals surface area contributed by atoms with Crippen LogP contribution in [0.5, 0.6) is 0 Å². The molecule has 23 heavy (non-hydrogen) atoms. The van der Waals surface area contributed by atoms with Crippen molar-refractivity contribution >= 4 is 58.1 Å². The first kappa shape index (κ1) is 18.1. The Hall–Kier alpha value is -1.26. The molecule has 3 nitrogen and oxygen atoms in total. The van der Waals surface area contributed by atoms with Gasteiger partial charge < -0.3 is 5.32 Å². The maximum atomic E-state index is 12.2. The molecule has 0 saturated heterocycles. The number of nitrogens with zero attached hydrogens (tertiary/aromatic N) is 1. The van der Waals surface area contributed by atoms with E-state index >= 15 is 0 Å². The maximum absolute atomic E-state index is 12.2. The zero-order chi connectivity index (χ0) is 16.8. The summed E-state index contributed by atoms with van der Waals surface area (Å²) in [6.07, 6.45) is 1.76. The van der Waals surface area contributed by atoms with E-state index in [9.17, 15) is 4.79 Å². The van der Waals surface area contributed by atoms with Gasteiger partial charge in [-0.3, -0.25) is 4.79 Å². The minimum Gasteiger partial charge on any atom is -0.311 e. The van der Waals surface area contributed by atoms with Crippen molar-refractivity contribution in [2.75, 3.05) is 5.32 Å². The number of pyridine rings is 1. The van der Waals surface area contributed by atoms with Gasteiger partial charge in [0.15, 0.2) is 0 Å². The summed E-state index contributed by atoms with van der Waals surface area (Å²) in [4.78, 5) is 16.2. The smallest absolute Gasteiger partial charge is 0.226 e. The molecule has 1 N–H and O–H groups in total. The second kappa shape index (κ2) is 8.55. The number of rotatable bonds is 5. The Morgan fingerprint density at radius 2 is 1.83 bits per heavy atom. The molecule has 0 spiro atoms. The van der Waals surface area contributed by atoms with Gasteiger partial charge in [-0.25, -0.2) is 4.98 Å². The summed E-state index contributed by atoms with van der Waals surface area (Å²) in [5, 5.41) is 3.61. The van der Waals surface area contributed by atoms with Crippen LogP contribution in [0, 0.1) is 0 Å². The quantitative estimate of drug-likeness (QED) is 0.654. The zero-order valence-electron chi connectivity index (χ0n) is 11.8. The standard InChI is InChI=1S/C16H12Cl4N2O/c17-12-6-4-10(5-7-12)11(8-13(18)19)9-16(23)22-15-3-1-2-14(20)21-15/h1-8,11H,9H2,(H,21,22,23). The highest BCUT2D eigenvalue weighted by molar-refractivity contribution is 6.55. The zero-order valence-corrected chi connectivity index (χ0v) is 14.8. The number of allylic oxidation sites excluding steroid dienone is 1. The number of nitrogens with one attached hydrogen (secondary N) is 1. The van der Waals surface area contributed by atoms with Gasteiger partial charge in [0.25, 0.3) is 0 Å². The molecule has 7 heteroatoms. The molecule has 1 amide bonds. The van der Waals surface area contributed by atoms with Crippen LogP contribution < -0.4 is 5.32 Å². The second-order valence-corrected chi connectivity index (χ2v) is 6.54. The van der Waals surface area contributed by atoms with Gasteiger partial charge in [-0.15, -0.1) is 0 Å². The summed E-state index contributed by atoms with van der Waals surface area (Å²) in [5.74, 6) is -0.125. The normalized spacial score (nSPS) is 11.7. The van der Waals surface area contributed by atoms with Crippen LogP contribution in [0.4, 0.5) is 5.82 Å². The highest BCUT2D eigenvalue weighted by atomic mass is 35.5. The Kier molecular flexibility index (Phi) is 6.72. The van der Waals surface area contributed by atoms with Crippen LogP contribution in [0.1, 0.15) is 17.9 Å². The minimum absolute atomic E-state index is 0.0960. The molecule has 120 valence electrons. The van der Waals surface area contributed by atoms with E-state index in [1.807, 2.05) is 12.1 Å². The molecule has 0 radical (unpaired) electrons. The van der Waals surface area contributed by atoms with Gasteiger partial charge in [-0.2, -0.15) is 0 Å². The molecule has 1 unspecified atom stereocenters. The van der Waals surface area contributed by atoms with Crippen molar-refractivity contribution in [2.45, 2.75) is 12.3 Å². The predicted octanol–water partition coefficient (Wildman–Crippen LogP) is 5.82. The highest BCUT2D eigenvalue weighted by Gasteiger charge is 2.15. The molecule has 0 aliphatic rings. The summed E-state index contributed by atoms with van der Waals surface area (Å²) < 4.78 is 0.0960. The number of carbonyl (C=O) groups excluding carboxylic acids is 1. The second-order valence-electron chi connectivity index (χ2n) is 4.71. The Labute approximate surface area is 154 Å². The molecule has 0 saturated carbocycles. The first-order valence-electron chi connectivity index (χ1n) is 6.65. The average molecular weight is 390 g/mol. The molecule has 1 atom stereocenters. The molecule has 1 aromatic heterocycles. The third-order valence-corrected chi connectivity index (χ3v) is 3.73. The largest absolute Gasteiger partial charge is 0.311 e. The number of halogens is 4. The average Bonchev–Trinajstić information content (AvgIpc) is 2.46. The van der Waals surface area contributed by atoms with Crippen LogP contribution in [0.2, 0.25) is 10.2 Å². The molecule has 0 bridgehead atoms. The Balaban J connectivity index is 2.12. The van der Waals surface area contributed by atoms with Crippen LogP contribution in [0.3, 0.4) is 0 Å². The summed E-state index contributed by atoms with van der Waals surface area (Å²) >= 11 is 23.2. The van der Waals surface area contributed by atoms with Crippen LogP contribution in [-0.2, 0) is 4.79 Å². The minimum atomic E-state index is -0.281. The van der Waals surface area contributed by atoms with E-state index in [0.717, 1.165) is 5.56 Å². The van der Waals surface area contributed by atoms with E-state index < -0.39 is 0 Å². The molecule has 1 heterocycles. The first-order chi connectivity index (χ1) is 10.9. The van der Waals surface area contributed by atoms with E-state index in [-0.39, 0.29) is 22.7 Å². The van der Waals surface area contributed by atoms with Crippen molar-refractivity contribution in [3.05, 3.63) is 68.8 Å². The third kappa shape index (κ3) is 6.04. The monoisotopic (exact) mass is 388 g/mol. The molecule has 0 aliphatic carbocycles. The lowest BCUT2D eigenvalue weighted by Crippen LogP contribution is -2.15. The number of hydrogen-bond donors (Lipinski definition) is 1. The topological polar surface area (TPSA) is 42.0 Å².